The van der Waals surface area contributed by atoms with Crippen LogP contribution in [-0.4, -0.2) is 91.0 Å². The van der Waals surface area contributed by atoms with Gasteiger partial charge in [-0.1, -0.05) is 30.3 Å². The van der Waals surface area contributed by atoms with E-state index >= 15 is 0 Å². The van der Waals surface area contributed by atoms with E-state index in [4.69, 9.17) is 0 Å². The number of carbonyl (C=O) groups excluding carboxylic acids is 1. The fourth-order valence-corrected chi connectivity index (χ4v) is 4.67. The van der Waals surface area contributed by atoms with E-state index in [1.807, 2.05) is 30.0 Å². The van der Waals surface area contributed by atoms with Crippen LogP contribution in [0.1, 0.15) is 18.5 Å². The third-order valence-corrected chi connectivity index (χ3v) is 6.45. The van der Waals surface area contributed by atoms with Gasteiger partial charge in [-0.2, -0.15) is 11.8 Å². The van der Waals surface area contributed by atoms with Crippen molar-refractivity contribution in [2.24, 2.45) is 0 Å². The average molecular weight is 377 g/mol. The smallest absolute Gasteiger partial charge is 0.242 e. The molecule has 2 aliphatic rings. The van der Waals surface area contributed by atoms with Gasteiger partial charge in [0, 0.05) is 63.4 Å². The van der Waals surface area contributed by atoms with E-state index in [2.05, 4.69) is 46.1 Å². The lowest BCUT2D eigenvalue weighted by molar-refractivity contribution is -0.126. The summed E-state index contributed by atoms with van der Waals surface area (Å²) in [7, 11) is 2.17. The molecular formula is C20H32N4OS. The van der Waals surface area contributed by atoms with Crippen LogP contribution in [-0.2, 0) is 4.79 Å². The maximum Gasteiger partial charge on any atom is 0.242 e. The second kappa shape index (κ2) is 9.74. The Labute approximate surface area is 162 Å². The fraction of sp³-hybridized carbons (Fsp3) is 0.650. The number of likely N-dealkylation sites (N-methyl/N-ethyl adjacent to an activating group) is 1. The zero-order valence-electron chi connectivity index (χ0n) is 16.1. The van der Waals surface area contributed by atoms with E-state index in [9.17, 15) is 4.79 Å². The Morgan fingerprint density at radius 2 is 1.69 bits per heavy atom. The minimum Gasteiger partial charge on any atom is -0.353 e. The van der Waals surface area contributed by atoms with Gasteiger partial charge < -0.3 is 10.2 Å². The van der Waals surface area contributed by atoms with Crippen molar-refractivity contribution in [1.29, 1.82) is 0 Å². The first-order chi connectivity index (χ1) is 12.6. The van der Waals surface area contributed by atoms with E-state index < -0.39 is 0 Å². The lowest BCUT2D eigenvalue weighted by Gasteiger charge is -2.37. The molecule has 0 radical (unpaired) electrons. The topological polar surface area (TPSA) is 38.8 Å². The van der Waals surface area contributed by atoms with E-state index in [0.29, 0.717) is 12.6 Å². The van der Waals surface area contributed by atoms with Crippen LogP contribution in [0.3, 0.4) is 0 Å². The second-order valence-corrected chi connectivity index (χ2v) is 8.62. The maximum absolute atomic E-state index is 13.1. The summed E-state index contributed by atoms with van der Waals surface area (Å²) in [5, 5.41) is 3.24. The van der Waals surface area contributed by atoms with Crippen LogP contribution >= 0.6 is 11.8 Å². The van der Waals surface area contributed by atoms with Crippen LogP contribution in [0.2, 0.25) is 0 Å². The van der Waals surface area contributed by atoms with E-state index in [-0.39, 0.29) is 11.9 Å². The SMILES string of the molecule is CC(CNC(=O)C(c1ccccc1)N1CCSCC1)N1CCN(C)CC1. The summed E-state index contributed by atoms with van der Waals surface area (Å²) < 4.78 is 0. The summed E-state index contributed by atoms with van der Waals surface area (Å²) in [6, 6.07) is 10.4. The highest BCUT2D eigenvalue weighted by Gasteiger charge is 2.29. The van der Waals surface area contributed by atoms with Crippen molar-refractivity contribution >= 4 is 17.7 Å². The number of nitrogens with zero attached hydrogens (tertiary/aromatic N) is 3. The normalized spacial score (nSPS) is 22.7. The van der Waals surface area contributed by atoms with Crippen LogP contribution in [0.4, 0.5) is 0 Å². The van der Waals surface area contributed by atoms with Crippen molar-refractivity contribution < 1.29 is 4.79 Å². The first-order valence-electron chi connectivity index (χ1n) is 9.72. The number of nitrogens with one attached hydrogen (secondary N) is 1. The Bertz CT molecular complexity index is 556. The number of benzene rings is 1. The monoisotopic (exact) mass is 376 g/mol. The predicted octanol–water partition coefficient (Wildman–Crippen LogP) is 1.53. The zero-order valence-corrected chi connectivity index (χ0v) is 16.9. The quantitative estimate of drug-likeness (QED) is 0.815. The molecule has 2 atom stereocenters. The van der Waals surface area contributed by atoms with Crippen molar-refractivity contribution in [2.45, 2.75) is 19.0 Å². The van der Waals surface area contributed by atoms with E-state index in [0.717, 1.165) is 56.3 Å². The summed E-state index contributed by atoms with van der Waals surface area (Å²) in [6.07, 6.45) is 0. The van der Waals surface area contributed by atoms with Crippen molar-refractivity contribution in [3.63, 3.8) is 0 Å². The average Bonchev–Trinajstić information content (AvgIpc) is 2.68. The molecule has 2 fully saturated rings. The minimum atomic E-state index is -0.170. The Morgan fingerprint density at radius 1 is 1.04 bits per heavy atom. The Kier molecular flexibility index (Phi) is 7.37. The second-order valence-electron chi connectivity index (χ2n) is 7.39. The number of rotatable bonds is 6. The standard InChI is InChI=1S/C20H32N4OS/c1-17(23-10-8-22(2)9-11-23)16-21-20(25)19(18-6-4-3-5-7-18)24-12-14-26-15-13-24/h3-7,17,19H,8-16H2,1-2H3,(H,21,25). The summed E-state index contributed by atoms with van der Waals surface area (Å²) in [5.74, 6) is 2.35. The number of thioether (sulfide) groups is 1. The Morgan fingerprint density at radius 3 is 2.35 bits per heavy atom. The van der Waals surface area contributed by atoms with E-state index in [1.165, 1.54) is 0 Å². The van der Waals surface area contributed by atoms with Crippen LogP contribution in [0.25, 0.3) is 0 Å². The molecule has 6 heteroatoms. The minimum absolute atomic E-state index is 0.143. The lowest BCUT2D eigenvalue weighted by Crippen LogP contribution is -2.52. The predicted molar refractivity (Wildman–Crippen MR) is 110 cm³/mol. The molecule has 2 unspecified atom stereocenters. The molecule has 1 aromatic rings. The molecule has 0 saturated carbocycles. The van der Waals surface area contributed by atoms with Gasteiger partial charge >= 0.3 is 0 Å². The molecule has 3 rings (SSSR count). The van der Waals surface area contributed by atoms with Gasteiger partial charge in [-0.25, -0.2) is 0 Å². The van der Waals surface area contributed by atoms with Gasteiger partial charge in [-0.05, 0) is 19.5 Å². The van der Waals surface area contributed by atoms with Crippen molar-refractivity contribution in [1.82, 2.24) is 20.0 Å². The maximum atomic E-state index is 13.1. The first-order valence-corrected chi connectivity index (χ1v) is 10.9. The van der Waals surface area contributed by atoms with Gasteiger partial charge in [0.1, 0.15) is 6.04 Å². The molecule has 5 nitrogen and oxygen atoms in total. The zero-order chi connectivity index (χ0) is 18.4. The molecule has 2 aliphatic heterocycles. The van der Waals surface area contributed by atoms with Gasteiger partial charge in [-0.3, -0.25) is 14.6 Å². The van der Waals surface area contributed by atoms with Gasteiger partial charge in [0.05, 0.1) is 0 Å². The number of piperazine rings is 1. The highest BCUT2D eigenvalue weighted by Crippen LogP contribution is 2.24. The van der Waals surface area contributed by atoms with Crippen LogP contribution in [0.5, 0.6) is 0 Å². The summed E-state index contributed by atoms with van der Waals surface area (Å²) in [4.78, 5) is 20.3. The van der Waals surface area contributed by atoms with Crippen molar-refractivity contribution in [2.75, 3.05) is 64.4 Å². The molecule has 1 aromatic carbocycles. The van der Waals surface area contributed by atoms with Gasteiger partial charge in [-0.15, -0.1) is 0 Å². The number of carbonyl (C=O) groups is 1. The molecule has 2 heterocycles. The molecule has 0 spiro atoms. The third kappa shape index (κ3) is 5.22. The summed E-state index contributed by atoms with van der Waals surface area (Å²) in [6.45, 7) is 9.27. The van der Waals surface area contributed by atoms with Crippen molar-refractivity contribution in [3.8, 4) is 0 Å². The largest absolute Gasteiger partial charge is 0.353 e. The Hall–Kier alpha value is -1.08. The van der Waals surface area contributed by atoms with Crippen molar-refractivity contribution in [3.05, 3.63) is 35.9 Å². The molecular weight excluding hydrogens is 344 g/mol. The molecule has 0 aromatic heterocycles. The highest BCUT2D eigenvalue weighted by atomic mass is 32.2. The molecule has 0 bridgehead atoms. The number of amides is 1. The molecule has 144 valence electrons. The Balaban J connectivity index is 1.60. The molecule has 2 saturated heterocycles. The lowest BCUT2D eigenvalue weighted by atomic mass is 10.0. The highest BCUT2D eigenvalue weighted by molar-refractivity contribution is 7.99. The van der Waals surface area contributed by atoms with Gasteiger partial charge in [0.25, 0.3) is 0 Å². The molecule has 1 N–H and O–H groups in total. The number of hydrogen-bond donors (Lipinski definition) is 1. The fourth-order valence-electron chi connectivity index (χ4n) is 3.74. The van der Waals surface area contributed by atoms with Crippen LogP contribution < -0.4 is 5.32 Å². The molecule has 26 heavy (non-hydrogen) atoms. The summed E-state index contributed by atoms with van der Waals surface area (Å²) >= 11 is 1.98. The van der Waals surface area contributed by atoms with Gasteiger partial charge in [0.2, 0.25) is 5.91 Å². The number of hydrogen-bond acceptors (Lipinski definition) is 5. The van der Waals surface area contributed by atoms with E-state index in [1.54, 1.807) is 0 Å². The van der Waals surface area contributed by atoms with Crippen LogP contribution in [0, 0.1) is 0 Å². The van der Waals surface area contributed by atoms with Gasteiger partial charge in [0.15, 0.2) is 0 Å². The molecule has 1 amide bonds. The third-order valence-electron chi connectivity index (χ3n) is 5.51. The summed E-state index contributed by atoms with van der Waals surface area (Å²) in [5.41, 5.74) is 1.10. The van der Waals surface area contributed by atoms with Crippen LogP contribution in [0.15, 0.2) is 30.3 Å². The first kappa shape index (κ1) is 19.7. The molecule has 0 aliphatic carbocycles.